The van der Waals surface area contributed by atoms with Gasteiger partial charge in [-0.15, -0.1) is 0 Å². The highest BCUT2D eigenvalue weighted by Gasteiger charge is 2.53. The van der Waals surface area contributed by atoms with Crippen LogP contribution in [0.3, 0.4) is 0 Å². The van der Waals surface area contributed by atoms with E-state index in [0.717, 1.165) is 9.87 Å². The molecule has 1 heterocycles. The SMILES string of the molecule is CCOC(=O)C[C@@H]1[C@@H](c2ccccc2)N(c2ccc(OC)cc2)C(=O)N1S(=O)(=O)c1ccc(C)cc1. The quantitative estimate of drug-likeness (QED) is 0.410. The van der Waals surface area contributed by atoms with Gasteiger partial charge in [0.05, 0.1) is 37.1 Å². The number of nitrogens with zero attached hydrogens (tertiary/aromatic N) is 2. The average molecular weight is 509 g/mol. The van der Waals surface area contributed by atoms with Gasteiger partial charge in [0.15, 0.2) is 0 Å². The number of ether oxygens (including phenoxy) is 2. The second-order valence-corrected chi connectivity index (χ2v) is 10.2. The van der Waals surface area contributed by atoms with E-state index in [1.807, 2.05) is 37.3 Å². The van der Waals surface area contributed by atoms with Gasteiger partial charge < -0.3 is 9.47 Å². The summed E-state index contributed by atoms with van der Waals surface area (Å²) in [6.45, 7) is 3.66. The van der Waals surface area contributed by atoms with Crippen LogP contribution in [-0.4, -0.2) is 44.5 Å². The summed E-state index contributed by atoms with van der Waals surface area (Å²) < 4.78 is 39.0. The number of anilines is 1. The molecule has 0 aromatic heterocycles. The molecule has 0 radical (unpaired) electrons. The van der Waals surface area contributed by atoms with Crippen LogP contribution in [0, 0.1) is 6.92 Å². The molecule has 3 aromatic carbocycles. The van der Waals surface area contributed by atoms with Gasteiger partial charge in [-0.1, -0.05) is 48.0 Å². The molecule has 1 fully saturated rings. The number of rotatable bonds is 8. The molecule has 188 valence electrons. The first-order chi connectivity index (χ1) is 17.3. The van der Waals surface area contributed by atoms with Crippen molar-refractivity contribution in [2.24, 2.45) is 0 Å². The standard InChI is InChI=1S/C27H28N2O6S/c1-4-35-25(30)18-24-26(20-8-6-5-7-9-20)28(21-12-14-22(34-3)15-13-21)27(31)29(24)36(32,33)23-16-10-19(2)11-17-23/h5-17,24,26H,4,18H2,1-3H3/t24-,26-/m1/s1. The third kappa shape index (κ3) is 4.79. The zero-order chi connectivity index (χ0) is 25.9. The summed E-state index contributed by atoms with van der Waals surface area (Å²) in [5, 5.41) is 0. The molecule has 0 N–H and O–H groups in total. The Kier molecular flexibility index (Phi) is 7.30. The molecule has 36 heavy (non-hydrogen) atoms. The molecule has 1 aliphatic heterocycles. The zero-order valence-electron chi connectivity index (χ0n) is 20.3. The van der Waals surface area contributed by atoms with E-state index in [1.54, 1.807) is 43.3 Å². The molecular weight excluding hydrogens is 480 g/mol. The Morgan fingerprint density at radius 2 is 1.58 bits per heavy atom. The van der Waals surface area contributed by atoms with Crippen LogP contribution in [0.5, 0.6) is 5.75 Å². The van der Waals surface area contributed by atoms with Crippen LogP contribution in [0.1, 0.15) is 30.5 Å². The predicted octanol–water partition coefficient (Wildman–Crippen LogP) is 4.70. The monoisotopic (exact) mass is 508 g/mol. The highest BCUT2D eigenvalue weighted by molar-refractivity contribution is 7.89. The van der Waals surface area contributed by atoms with Crippen LogP contribution < -0.4 is 9.64 Å². The van der Waals surface area contributed by atoms with Gasteiger partial charge in [-0.05, 0) is 55.8 Å². The van der Waals surface area contributed by atoms with E-state index < -0.39 is 34.1 Å². The highest BCUT2D eigenvalue weighted by Crippen LogP contribution is 2.43. The minimum atomic E-state index is -4.30. The smallest absolute Gasteiger partial charge is 0.339 e. The number of sulfonamides is 1. The number of amides is 2. The van der Waals surface area contributed by atoms with Gasteiger partial charge in [-0.3, -0.25) is 9.69 Å². The summed E-state index contributed by atoms with van der Waals surface area (Å²) in [4.78, 5) is 28.0. The van der Waals surface area contributed by atoms with E-state index in [0.29, 0.717) is 17.0 Å². The Morgan fingerprint density at radius 1 is 0.944 bits per heavy atom. The van der Waals surface area contributed by atoms with Crippen LogP contribution in [0.4, 0.5) is 10.5 Å². The Morgan fingerprint density at radius 3 is 2.17 bits per heavy atom. The fourth-order valence-electron chi connectivity index (χ4n) is 4.39. The molecule has 0 unspecified atom stereocenters. The fourth-order valence-corrected chi connectivity index (χ4v) is 5.94. The second-order valence-electron chi connectivity index (χ2n) is 8.40. The molecule has 1 aliphatic rings. The normalized spacial score (nSPS) is 17.8. The summed E-state index contributed by atoms with van der Waals surface area (Å²) in [7, 11) is -2.76. The molecule has 1 saturated heterocycles. The summed E-state index contributed by atoms with van der Waals surface area (Å²) in [6, 6.07) is 19.6. The number of urea groups is 1. The molecule has 2 atom stereocenters. The van der Waals surface area contributed by atoms with Gasteiger partial charge in [0.25, 0.3) is 10.0 Å². The topological polar surface area (TPSA) is 93.2 Å². The van der Waals surface area contributed by atoms with Crippen LogP contribution in [0.25, 0.3) is 0 Å². The van der Waals surface area contributed by atoms with Crippen molar-refractivity contribution in [3.63, 3.8) is 0 Å². The van der Waals surface area contributed by atoms with Gasteiger partial charge in [-0.2, -0.15) is 0 Å². The fraction of sp³-hybridized carbons (Fsp3) is 0.259. The van der Waals surface area contributed by atoms with Crippen molar-refractivity contribution in [1.29, 1.82) is 0 Å². The number of benzene rings is 3. The van der Waals surface area contributed by atoms with Crippen molar-refractivity contribution in [2.45, 2.75) is 37.2 Å². The Labute approximate surface area is 211 Å². The average Bonchev–Trinajstić information content (AvgIpc) is 3.17. The number of hydrogen-bond donors (Lipinski definition) is 0. The van der Waals surface area contributed by atoms with Crippen LogP contribution in [0.15, 0.2) is 83.8 Å². The minimum Gasteiger partial charge on any atom is -0.497 e. The van der Waals surface area contributed by atoms with Gasteiger partial charge >= 0.3 is 12.0 Å². The number of methoxy groups -OCH3 is 1. The molecule has 0 saturated carbocycles. The molecule has 0 spiro atoms. The van der Waals surface area contributed by atoms with Crippen LogP contribution in [0.2, 0.25) is 0 Å². The second kappa shape index (κ2) is 10.4. The molecule has 8 nitrogen and oxygen atoms in total. The highest BCUT2D eigenvalue weighted by atomic mass is 32.2. The molecule has 2 amide bonds. The Hall–Kier alpha value is -3.85. The van der Waals surface area contributed by atoms with Gasteiger partial charge in [-0.25, -0.2) is 17.5 Å². The molecule has 4 rings (SSSR count). The van der Waals surface area contributed by atoms with Crippen molar-refractivity contribution in [2.75, 3.05) is 18.6 Å². The summed E-state index contributed by atoms with van der Waals surface area (Å²) >= 11 is 0. The van der Waals surface area contributed by atoms with Crippen molar-refractivity contribution in [3.05, 3.63) is 90.0 Å². The van der Waals surface area contributed by atoms with Crippen molar-refractivity contribution < 1.29 is 27.5 Å². The first-order valence-corrected chi connectivity index (χ1v) is 13.0. The van der Waals surface area contributed by atoms with Crippen LogP contribution in [-0.2, 0) is 19.6 Å². The largest absolute Gasteiger partial charge is 0.497 e. The van der Waals surface area contributed by atoms with Gasteiger partial charge in [0.2, 0.25) is 0 Å². The zero-order valence-corrected chi connectivity index (χ0v) is 21.1. The Bertz CT molecular complexity index is 1320. The van der Waals surface area contributed by atoms with E-state index in [1.165, 1.54) is 24.1 Å². The maximum atomic E-state index is 14.0. The summed E-state index contributed by atoms with van der Waals surface area (Å²) in [6.07, 6.45) is -0.295. The summed E-state index contributed by atoms with van der Waals surface area (Å²) in [5.74, 6) is 0.00535. The third-order valence-electron chi connectivity index (χ3n) is 6.09. The molecule has 9 heteroatoms. The first-order valence-electron chi connectivity index (χ1n) is 11.6. The maximum absolute atomic E-state index is 14.0. The van der Waals surface area contributed by atoms with Crippen LogP contribution >= 0.6 is 0 Å². The molecule has 0 bridgehead atoms. The van der Waals surface area contributed by atoms with E-state index >= 15 is 0 Å². The van der Waals surface area contributed by atoms with E-state index in [4.69, 9.17) is 9.47 Å². The van der Waals surface area contributed by atoms with Gasteiger partial charge in [0, 0.05) is 5.69 Å². The number of esters is 1. The van der Waals surface area contributed by atoms with Crippen molar-refractivity contribution in [3.8, 4) is 5.75 Å². The Balaban J connectivity index is 1.90. The number of aryl methyl sites for hydroxylation is 1. The third-order valence-corrected chi connectivity index (χ3v) is 7.90. The lowest BCUT2D eigenvalue weighted by atomic mass is 9.97. The molecule has 0 aliphatic carbocycles. The van der Waals surface area contributed by atoms with Crippen molar-refractivity contribution >= 4 is 27.7 Å². The number of carbonyl (C=O) groups excluding carboxylic acids is 2. The maximum Gasteiger partial charge on any atom is 0.339 e. The van der Waals surface area contributed by atoms with E-state index in [9.17, 15) is 18.0 Å². The number of carbonyl (C=O) groups is 2. The molecule has 3 aromatic rings. The summed E-state index contributed by atoms with van der Waals surface area (Å²) in [5.41, 5.74) is 2.05. The lowest BCUT2D eigenvalue weighted by molar-refractivity contribution is -0.143. The van der Waals surface area contributed by atoms with Gasteiger partial charge in [0.1, 0.15) is 5.75 Å². The number of hydrogen-bond acceptors (Lipinski definition) is 6. The lowest BCUT2D eigenvalue weighted by Crippen LogP contribution is -2.41. The van der Waals surface area contributed by atoms with E-state index in [2.05, 4.69) is 0 Å². The van der Waals surface area contributed by atoms with Crippen molar-refractivity contribution in [1.82, 2.24) is 4.31 Å². The molecular formula is C27H28N2O6S. The minimum absolute atomic E-state index is 0.0290. The lowest BCUT2D eigenvalue weighted by Gasteiger charge is -2.27. The van der Waals surface area contributed by atoms with E-state index in [-0.39, 0.29) is 17.9 Å². The first kappa shape index (κ1) is 25.2. The predicted molar refractivity (Wildman–Crippen MR) is 135 cm³/mol.